The molecule has 0 bridgehead atoms. The lowest BCUT2D eigenvalue weighted by Crippen LogP contribution is -2.31. The molecule has 0 aromatic heterocycles. The number of aryl methyl sites for hydroxylation is 3. The third-order valence-corrected chi connectivity index (χ3v) is 3.80. The first-order valence-corrected chi connectivity index (χ1v) is 8.72. The zero-order valence-corrected chi connectivity index (χ0v) is 15.5. The van der Waals surface area contributed by atoms with Crippen molar-refractivity contribution in [3.05, 3.63) is 64.7 Å². The normalized spacial score (nSPS) is 10.3. The first-order chi connectivity index (χ1) is 12.5. The number of carbonyl (C=O) groups is 2. The Kier molecular flexibility index (Phi) is 7.21. The Morgan fingerprint density at radius 1 is 1.00 bits per heavy atom. The largest absolute Gasteiger partial charge is 0.490 e. The molecule has 2 aromatic rings. The van der Waals surface area contributed by atoms with Crippen molar-refractivity contribution in [2.75, 3.05) is 19.8 Å². The minimum absolute atomic E-state index is 0.134. The molecule has 0 aliphatic heterocycles. The third-order valence-electron chi connectivity index (χ3n) is 3.80. The summed E-state index contributed by atoms with van der Waals surface area (Å²) in [6.07, 6.45) is 0.937. The maximum Gasteiger partial charge on any atom is 0.325 e. The molecule has 5 nitrogen and oxygen atoms in total. The SMILES string of the molecule is CCc1cccc(OCCOC(=O)CNC(=O)c2cc(C)cc(C)c2)c1. The minimum Gasteiger partial charge on any atom is -0.490 e. The number of esters is 1. The van der Waals surface area contributed by atoms with E-state index in [4.69, 9.17) is 9.47 Å². The van der Waals surface area contributed by atoms with E-state index in [9.17, 15) is 9.59 Å². The second kappa shape index (κ2) is 9.61. The molecule has 0 aliphatic carbocycles. The highest BCUT2D eigenvalue weighted by atomic mass is 16.6. The topological polar surface area (TPSA) is 64.6 Å². The second-order valence-electron chi connectivity index (χ2n) is 6.13. The summed E-state index contributed by atoms with van der Waals surface area (Å²) in [5.74, 6) is -0.0291. The van der Waals surface area contributed by atoms with E-state index < -0.39 is 5.97 Å². The molecule has 0 aliphatic rings. The van der Waals surface area contributed by atoms with Gasteiger partial charge in [0.25, 0.3) is 5.91 Å². The van der Waals surface area contributed by atoms with Gasteiger partial charge in [-0.25, -0.2) is 0 Å². The molecule has 2 aromatic carbocycles. The maximum atomic E-state index is 12.1. The number of ether oxygens (including phenoxy) is 2. The average molecular weight is 355 g/mol. The summed E-state index contributed by atoms with van der Waals surface area (Å²) in [5.41, 5.74) is 3.73. The highest BCUT2D eigenvalue weighted by molar-refractivity contribution is 5.96. The van der Waals surface area contributed by atoms with Crippen LogP contribution in [-0.4, -0.2) is 31.6 Å². The van der Waals surface area contributed by atoms with E-state index >= 15 is 0 Å². The Labute approximate surface area is 154 Å². The fourth-order valence-electron chi connectivity index (χ4n) is 2.58. The smallest absolute Gasteiger partial charge is 0.325 e. The Bertz CT molecular complexity index is 750. The summed E-state index contributed by atoms with van der Waals surface area (Å²) < 4.78 is 10.6. The van der Waals surface area contributed by atoms with Gasteiger partial charge in [0.1, 0.15) is 25.5 Å². The minimum atomic E-state index is -0.492. The van der Waals surface area contributed by atoms with Gasteiger partial charge < -0.3 is 14.8 Å². The highest BCUT2D eigenvalue weighted by Crippen LogP contribution is 2.13. The van der Waals surface area contributed by atoms with E-state index in [0.717, 1.165) is 23.3 Å². The molecular weight excluding hydrogens is 330 g/mol. The number of benzene rings is 2. The molecule has 0 fully saturated rings. The predicted octanol–water partition coefficient (Wildman–Crippen LogP) is 3.22. The first kappa shape index (κ1) is 19.5. The molecule has 1 N–H and O–H groups in total. The summed E-state index contributed by atoms with van der Waals surface area (Å²) in [6, 6.07) is 13.4. The summed E-state index contributed by atoms with van der Waals surface area (Å²) in [7, 11) is 0. The standard InChI is InChI=1S/C21H25NO4/c1-4-17-6-5-7-19(13-17)25-8-9-26-20(23)14-22-21(24)18-11-15(2)10-16(3)12-18/h5-7,10-13H,4,8-9,14H2,1-3H3,(H,22,24). The van der Waals surface area contributed by atoms with Gasteiger partial charge >= 0.3 is 5.97 Å². The number of hydrogen-bond donors (Lipinski definition) is 1. The van der Waals surface area contributed by atoms with E-state index in [0.29, 0.717) is 5.56 Å². The van der Waals surface area contributed by atoms with Gasteiger partial charge in [-0.05, 0) is 50.1 Å². The fourth-order valence-corrected chi connectivity index (χ4v) is 2.58. The summed E-state index contributed by atoms with van der Waals surface area (Å²) >= 11 is 0. The van der Waals surface area contributed by atoms with Crippen LogP contribution in [0.5, 0.6) is 5.75 Å². The molecule has 0 spiro atoms. The molecule has 0 saturated carbocycles. The van der Waals surface area contributed by atoms with Crippen molar-refractivity contribution in [1.82, 2.24) is 5.32 Å². The zero-order valence-electron chi connectivity index (χ0n) is 15.5. The van der Waals surface area contributed by atoms with Gasteiger partial charge in [-0.15, -0.1) is 0 Å². The van der Waals surface area contributed by atoms with Gasteiger partial charge in [0, 0.05) is 5.56 Å². The number of nitrogens with one attached hydrogen (secondary N) is 1. The molecule has 0 unspecified atom stereocenters. The van der Waals surface area contributed by atoms with Crippen LogP contribution < -0.4 is 10.1 Å². The number of carbonyl (C=O) groups excluding carboxylic acids is 2. The lowest BCUT2D eigenvalue weighted by Gasteiger charge is -2.09. The quantitative estimate of drug-likeness (QED) is 0.583. The summed E-state index contributed by atoms with van der Waals surface area (Å²) in [4.78, 5) is 23.8. The van der Waals surface area contributed by atoms with Crippen LogP contribution in [0.4, 0.5) is 0 Å². The molecule has 0 heterocycles. The molecule has 0 saturated heterocycles. The summed E-state index contributed by atoms with van der Waals surface area (Å²) in [5, 5.41) is 2.57. The van der Waals surface area contributed by atoms with Crippen molar-refractivity contribution in [3.8, 4) is 5.75 Å². The van der Waals surface area contributed by atoms with Crippen LogP contribution >= 0.6 is 0 Å². The van der Waals surface area contributed by atoms with E-state index in [1.54, 1.807) is 12.1 Å². The van der Waals surface area contributed by atoms with Crippen molar-refractivity contribution in [1.29, 1.82) is 0 Å². The Balaban J connectivity index is 1.69. The maximum absolute atomic E-state index is 12.1. The lowest BCUT2D eigenvalue weighted by molar-refractivity contribution is -0.143. The first-order valence-electron chi connectivity index (χ1n) is 8.72. The molecule has 0 atom stereocenters. The van der Waals surface area contributed by atoms with Crippen molar-refractivity contribution >= 4 is 11.9 Å². The molecule has 0 radical (unpaired) electrons. The molecule has 1 amide bonds. The van der Waals surface area contributed by atoms with E-state index in [1.165, 1.54) is 5.56 Å². The van der Waals surface area contributed by atoms with Gasteiger partial charge in [-0.2, -0.15) is 0 Å². The molecule has 2 rings (SSSR count). The Morgan fingerprint density at radius 2 is 1.73 bits per heavy atom. The van der Waals surface area contributed by atoms with Crippen LogP contribution in [0, 0.1) is 13.8 Å². The molecular formula is C21H25NO4. The van der Waals surface area contributed by atoms with Gasteiger partial charge in [-0.1, -0.05) is 36.2 Å². The van der Waals surface area contributed by atoms with Gasteiger partial charge in [-0.3, -0.25) is 9.59 Å². The zero-order chi connectivity index (χ0) is 18.9. The Morgan fingerprint density at radius 3 is 2.42 bits per heavy atom. The molecule has 138 valence electrons. The Hall–Kier alpha value is -2.82. The second-order valence-corrected chi connectivity index (χ2v) is 6.13. The van der Waals surface area contributed by atoms with E-state index in [2.05, 4.69) is 12.2 Å². The highest BCUT2D eigenvalue weighted by Gasteiger charge is 2.10. The fraction of sp³-hybridized carbons (Fsp3) is 0.333. The number of amides is 1. The van der Waals surface area contributed by atoms with E-state index in [-0.39, 0.29) is 25.7 Å². The van der Waals surface area contributed by atoms with Gasteiger partial charge in [0.15, 0.2) is 0 Å². The van der Waals surface area contributed by atoms with Crippen molar-refractivity contribution in [2.45, 2.75) is 27.2 Å². The van der Waals surface area contributed by atoms with Gasteiger partial charge in [0.2, 0.25) is 0 Å². The van der Waals surface area contributed by atoms with Crippen LogP contribution in [0.1, 0.15) is 34.0 Å². The number of rotatable bonds is 8. The van der Waals surface area contributed by atoms with Crippen molar-refractivity contribution in [3.63, 3.8) is 0 Å². The van der Waals surface area contributed by atoms with Crippen molar-refractivity contribution in [2.24, 2.45) is 0 Å². The lowest BCUT2D eigenvalue weighted by atomic mass is 10.1. The summed E-state index contributed by atoms with van der Waals surface area (Å²) in [6.45, 7) is 6.16. The predicted molar refractivity (Wildman–Crippen MR) is 101 cm³/mol. The molecule has 5 heteroatoms. The van der Waals surface area contributed by atoms with Crippen LogP contribution in [0.2, 0.25) is 0 Å². The van der Waals surface area contributed by atoms with Crippen LogP contribution in [0.3, 0.4) is 0 Å². The van der Waals surface area contributed by atoms with Gasteiger partial charge in [0.05, 0.1) is 0 Å². The third kappa shape index (κ3) is 6.24. The monoisotopic (exact) mass is 355 g/mol. The van der Waals surface area contributed by atoms with E-state index in [1.807, 2.05) is 44.2 Å². The van der Waals surface area contributed by atoms with Crippen molar-refractivity contribution < 1.29 is 19.1 Å². The molecule has 26 heavy (non-hydrogen) atoms. The number of hydrogen-bond acceptors (Lipinski definition) is 4. The van der Waals surface area contributed by atoms with Crippen LogP contribution in [0.15, 0.2) is 42.5 Å². The average Bonchev–Trinajstić information content (AvgIpc) is 2.62. The van der Waals surface area contributed by atoms with Crippen LogP contribution in [-0.2, 0) is 16.0 Å². The van der Waals surface area contributed by atoms with Crippen LogP contribution in [0.25, 0.3) is 0 Å².